The van der Waals surface area contributed by atoms with Crippen LogP contribution in [0, 0.1) is 0 Å². The first kappa shape index (κ1) is 27.9. The Bertz CT molecular complexity index is 1530. The number of ether oxygens (including phenoxy) is 1. The van der Waals surface area contributed by atoms with Crippen LogP contribution in [0.5, 0.6) is 0 Å². The van der Waals surface area contributed by atoms with Crippen LogP contribution in [0.15, 0.2) is 104 Å². The van der Waals surface area contributed by atoms with Gasteiger partial charge < -0.3 is 18.8 Å². The lowest BCUT2D eigenvalue weighted by Gasteiger charge is -2.40. The summed E-state index contributed by atoms with van der Waals surface area (Å²) in [5, 5.41) is 1.17. The van der Waals surface area contributed by atoms with Crippen LogP contribution >= 0.6 is 0 Å². The van der Waals surface area contributed by atoms with Gasteiger partial charge in [-0.2, -0.15) is 0 Å². The summed E-state index contributed by atoms with van der Waals surface area (Å²) in [5.41, 5.74) is 5.60. The number of carbonyl (C=O) groups is 1. The SMILES string of the molecule is CCOC(=O)c1ccc2c(Cn3ccnc3)cn(CCCN3CCN(C(c4ccccc4)c4ccccc4)CC3)c2c1. The molecule has 0 atom stereocenters. The first-order valence-electron chi connectivity index (χ1n) is 15.0. The van der Waals surface area contributed by atoms with E-state index in [1.165, 1.54) is 22.1 Å². The van der Waals surface area contributed by atoms with Crippen molar-refractivity contribution in [3.8, 4) is 0 Å². The van der Waals surface area contributed by atoms with Gasteiger partial charge in [0.25, 0.3) is 0 Å². The molecule has 0 radical (unpaired) electrons. The van der Waals surface area contributed by atoms with Crippen molar-refractivity contribution in [3.63, 3.8) is 0 Å². The molecule has 0 unspecified atom stereocenters. The lowest BCUT2D eigenvalue weighted by atomic mass is 9.96. The highest BCUT2D eigenvalue weighted by Gasteiger charge is 2.26. The summed E-state index contributed by atoms with van der Waals surface area (Å²) in [5.74, 6) is -0.273. The van der Waals surface area contributed by atoms with Crippen LogP contribution in [-0.4, -0.2) is 69.2 Å². The Kier molecular flexibility index (Phi) is 8.78. The summed E-state index contributed by atoms with van der Waals surface area (Å²) in [4.78, 5) is 21.9. The zero-order valence-electron chi connectivity index (χ0n) is 24.3. The molecule has 216 valence electrons. The monoisotopic (exact) mass is 561 g/mol. The molecule has 0 spiro atoms. The highest BCUT2D eigenvalue weighted by Crippen LogP contribution is 2.30. The molecule has 3 aromatic carbocycles. The molecule has 1 fully saturated rings. The van der Waals surface area contributed by atoms with Gasteiger partial charge in [-0.3, -0.25) is 4.90 Å². The number of fused-ring (bicyclic) bond motifs is 1. The van der Waals surface area contributed by atoms with Gasteiger partial charge in [0.15, 0.2) is 0 Å². The van der Waals surface area contributed by atoms with Crippen molar-refractivity contribution >= 4 is 16.9 Å². The molecular weight excluding hydrogens is 522 g/mol. The maximum atomic E-state index is 12.5. The van der Waals surface area contributed by atoms with Gasteiger partial charge in [-0.25, -0.2) is 9.78 Å². The average Bonchev–Trinajstić information content (AvgIpc) is 3.67. The van der Waals surface area contributed by atoms with Crippen LogP contribution in [-0.2, 0) is 17.8 Å². The van der Waals surface area contributed by atoms with Crippen molar-refractivity contribution in [1.82, 2.24) is 23.9 Å². The maximum Gasteiger partial charge on any atom is 0.338 e. The van der Waals surface area contributed by atoms with Crippen molar-refractivity contribution in [2.45, 2.75) is 32.5 Å². The second kappa shape index (κ2) is 13.2. The van der Waals surface area contributed by atoms with Gasteiger partial charge >= 0.3 is 5.97 Å². The molecule has 0 aliphatic carbocycles. The van der Waals surface area contributed by atoms with E-state index in [0.717, 1.165) is 57.8 Å². The molecule has 0 N–H and O–H groups in total. The van der Waals surface area contributed by atoms with E-state index in [1.807, 2.05) is 31.6 Å². The number of carbonyl (C=O) groups excluding carboxylic acids is 1. The Morgan fingerprint density at radius 2 is 1.62 bits per heavy atom. The van der Waals surface area contributed by atoms with Gasteiger partial charge in [-0.1, -0.05) is 66.7 Å². The number of nitrogens with zero attached hydrogens (tertiary/aromatic N) is 5. The predicted octanol–water partition coefficient (Wildman–Crippen LogP) is 5.86. The Balaban J connectivity index is 1.12. The van der Waals surface area contributed by atoms with E-state index in [9.17, 15) is 4.79 Å². The van der Waals surface area contributed by atoms with E-state index in [4.69, 9.17) is 4.74 Å². The number of aromatic nitrogens is 3. The number of hydrogen-bond acceptors (Lipinski definition) is 5. The minimum absolute atomic E-state index is 0.273. The first-order valence-corrected chi connectivity index (χ1v) is 15.0. The van der Waals surface area contributed by atoms with E-state index in [-0.39, 0.29) is 12.0 Å². The van der Waals surface area contributed by atoms with E-state index in [2.05, 4.69) is 96.8 Å². The third kappa shape index (κ3) is 6.32. The molecule has 1 aliphatic heterocycles. The molecule has 7 nitrogen and oxygen atoms in total. The fourth-order valence-corrected chi connectivity index (χ4v) is 6.19. The molecule has 3 heterocycles. The fraction of sp³-hybridized carbons (Fsp3) is 0.314. The summed E-state index contributed by atoms with van der Waals surface area (Å²) in [6.45, 7) is 9.09. The van der Waals surface area contributed by atoms with Crippen LogP contribution in [0.25, 0.3) is 10.9 Å². The number of hydrogen-bond donors (Lipinski definition) is 0. The van der Waals surface area contributed by atoms with Crippen LogP contribution in [0.2, 0.25) is 0 Å². The molecule has 2 aromatic heterocycles. The minimum Gasteiger partial charge on any atom is -0.462 e. The van der Waals surface area contributed by atoms with Gasteiger partial charge in [-0.05, 0) is 48.7 Å². The average molecular weight is 562 g/mol. The van der Waals surface area contributed by atoms with E-state index in [1.54, 1.807) is 6.20 Å². The summed E-state index contributed by atoms with van der Waals surface area (Å²) in [7, 11) is 0. The molecule has 0 saturated carbocycles. The summed E-state index contributed by atoms with van der Waals surface area (Å²) < 4.78 is 9.67. The standard InChI is InChI=1S/C35H39N5O2/c1-2-42-35(41)30-14-15-32-31(25-38-19-16-36-27-38)26-40(33(32)24-30)18-9-17-37-20-22-39(23-21-37)34(28-10-5-3-6-11-28)29-12-7-4-8-13-29/h3-8,10-16,19,24,26-27,34H,2,9,17-18,20-23,25H2,1H3. The van der Waals surface area contributed by atoms with Gasteiger partial charge in [-0.15, -0.1) is 0 Å². The highest BCUT2D eigenvalue weighted by molar-refractivity contribution is 5.95. The normalized spacial score (nSPS) is 14.5. The molecule has 5 aromatic rings. The van der Waals surface area contributed by atoms with Gasteiger partial charge in [0.2, 0.25) is 0 Å². The number of aryl methyl sites for hydroxylation is 1. The summed E-state index contributed by atoms with van der Waals surface area (Å²) in [6.07, 6.45) is 8.91. The Morgan fingerprint density at radius 1 is 0.905 bits per heavy atom. The third-order valence-electron chi connectivity index (χ3n) is 8.26. The zero-order valence-corrected chi connectivity index (χ0v) is 24.3. The second-order valence-electron chi connectivity index (χ2n) is 11.0. The quantitative estimate of drug-likeness (QED) is 0.189. The lowest BCUT2D eigenvalue weighted by Crippen LogP contribution is -2.48. The first-order chi connectivity index (χ1) is 20.7. The number of piperazine rings is 1. The Hall–Kier alpha value is -4.20. The van der Waals surface area contributed by atoms with E-state index >= 15 is 0 Å². The van der Waals surface area contributed by atoms with Crippen LogP contribution in [0.3, 0.4) is 0 Å². The second-order valence-corrected chi connectivity index (χ2v) is 11.0. The smallest absolute Gasteiger partial charge is 0.338 e. The summed E-state index contributed by atoms with van der Waals surface area (Å²) in [6, 6.07) is 27.9. The molecule has 1 aliphatic rings. The molecular formula is C35H39N5O2. The lowest BCUT2D eigenvalue weighted by molar-refractivity contribution is 0.0526. The largest absolute Gasteiger partial charge is 0.462 e. The van der Waals surface area contributed by atoms with E-state index in [0.29, 0.717) is 12.2 Å². The van der Waals surface area contributed by atoms with Crippen LogP contribution in [0.4, 0.5) is 0 Å². The van der Waals surface area contributed by atoms with Crippen LogP contribution in [0.1, 0.15) is 46.4 Å². The van der Waals surface area contributed by atoms with Crippen LogP contribution < -0.4 is 0 Å². The molecule has 42 heavy (non-hydrogen) atoms. The number of imidazole rings is 1. The van der Waals surface area contributed by atoms with Gasteiger partial charge in [0.1, 0.15) is 0 Å². The van der Waals surface area contributed by atoms with Crippen molar-refractivity contribution < 1.29 is 9.53 Å². The van der Waals surface area contributed by atoms with E-state index < -0.39 is 0 Å². The molecule has 1 saturated heterocycles. The summed E-state index contributed by atoms with van der Waals surface area (Å²) >= 11 is 0. The predicted molar refractivity (Wildman–Crippen MR) is 167 cm³/mol. The van der Waals surface area contributed by atoms with Gasteiger partial charge in [0.05, 0.1) is 31.1 Å². The van der Waals surface area contributed by atoms with Gasteiger partial charge in [0, 0.05) is 62.2 Å². The number of rotatable bonds is 11. The van der Waals surface area contributed by atoms with Crippen molar-refractivity contribution in [3.05, 3.63) is 126 Å². The topological polar surface area (TPSA) is 55.5 Å². The van der Waals surface area contributed by atoms with Crippen molar-refractivity contribution in [1.29, 1.82) is 0 Å². The number of benzene rings is 3. The fourth-order valence-electron chi connectivity index (χ4n) is 6.19. The van der Waals surface area contributed by atoms with Crippen molar-refractivity contribution in [2.75, 3.05) is 39.3 Å². The van der Waals surface area contributed by atoms with Crippen molar-refractivity contribution in [2.24, 2.45) is 0 Å². The highest BCUT2D eigenvalue weighted by atomic mass is 16.5. The Labute approximate surface area is 248 Å². The Morgan fingerprint density at radius 3 is 2.26 bits per heavy atom. The molecule has 0 bridgehead atoms. The molecule has 7 heteroatoms. The minimum atomic E-state index is -0.273. The maximum absolute atomic E-state index is 12.5. The zero-order chi connectivity index (χ0) is 28.7. The number of esters is 1. The third-order valence-corrected chi connectivity index (χ3v) is 8.26. The molecule has 0 amide bonds. The molecule has 6 rings (SSSR count).